The minimum atomic E-state index is -3.64. The van der Waals surface area contributed by atoms with Gasteiger partial charge in [-0.25, -0.2) is 13.4 Å². The molecule has 0 spiro atoms. The van der Waals surface area contributed by atoms with Crippen LogP contribution in [0, 0.1) is 13.8 Å². The first-order valence-corrected chi connectivity index (χ1v) is 10.5. The van der Waals surface area contributed by atoms with E-state index in [2.05, 4.69) is 10.3 Å². The largest absolute Gasteiger partial charge is 0.441 e. The Labute approximate surface area is 164 Å². The van der Waals surface area contributed by atoms with Crippen molar-refractivity contribution in [3.8, 4) is 0 Å². The quantitative estimate of drug-likeness (QED) is 0.679. The third kappa shape index (κ3) is 3.79. The number of carbonyl (C=O) groups is 1. The summed E-state index contributed by atoms with van der Waals surface area (Å²) < 4.78 is 32.3. The molecule has 3 aromatic rings. The van der Waals surface area contributed by atoms with Crippen LogP contribution in [0.15, 0.2) is 45.7 Å². The summed E-state index contributed by atoms with van der Waals surface area (Å²) in [6.07, 6.45) is 0. The highest BCUT2D eigenvalue weighted by Gasteiger charge is 2.23. The molecule has 0 atom stereocenters. The lowest BCUT2D eigenvalue weighted by atomic mass is 10.1. The van der Waals surface area contributed by atoms with Gasteiger partial charge in [-0.2, -0.15) is 4.31 Å². The van der Waals surface area contributed by atoms with Gasteiger partial charge in [0.1, 0.15) is 5.52 Å². The van der Waals surface area contributed by atoms with Crippen molar-refractivity contribution in [3.05, 3.63) is 53.4 Å². The molecule has 1 aromatic heterocycles. The van der Waals surface area contributed by atoms with Crippen molar-refractivity contribution in [1.82, 2.24) is 9.29 Å². The molecule has 8 heteroatoms. The lowest BCUT2D eigenvalue weighted by Crippen LogP contribution is -2.30. The molecule has 1 amide bonds. The monoisotopic (exact) mass is 401 g/mol. The fourth-order valence-electron chi connectivity index (χ4n) is 3.04. The van der Waals surface area contributed by atoms with Gasteiger partial charge in [0.2, 0.25) is 10.0 Å². The van der Waals surface area contributed by atoms with Crippen LogP contribution in [-0.2, 0) is 10.0 Å². The van der Waals surface area contributed by atoms with Crippen LogP contribution < -0.4 is 5.32 Å². The Kier molecular flexibility index (Phi) is 5.53. The first-order valence-electron chi connectivity index (χ1n) is 9.05. The number of aromatic nitrogens is 1. The van der Waals surface area contributed by atoms with E-state index in [0.29, 0.717) is 46.9 Å². The Morgan fingerprint density at radius 3 is 2.50 bits per heavy atom. The molecule has 0 radical (unpaired) electrons. The standard InChI is InChI=1S/C20H23N3O4S/c1-5-23(6-2)28(25,26)16-9-7-13(3)17(12-16)20(24)22-15-8-10-19-18(11-15)21-14(4)27-19/h7-12H,5-6H2,1-4H3,(H,22,24). The van der Waals surface area contributed by atoms with Crippen molar-refractivity contribution in [2.24, 2.45) is 0 Å². The minimum absolute atomic E-state index is 0.106. The van der Waals surface area contributed by atoms with E-state index < -0.39 is 10.0 Å². The van der Waals surface area contributed by atoms with E-state index in [1.165, 1.54) is 16.4 Å². The second kappa shape index (κ2) is 7.73. The van der Waals surface area contributed by atoms with Crippen LogP contribution in [0.25, 0.3) is 11.1 Å². The number of nitrogens with one attached hydrogen (secondary N) is 1. The normalized spacial score (nSPS) is 11.9. The van der Waals surface area contributed by atoms with Gasteiger partial charge in [0, 0.05) is 31.3 Å². The molecule has 2 aromatic carbocycles. The summed E-state index contributed by atoms with van der Waals surface area (Å²) in [4.78, 5) is 17.2. The SMILES string of the molecule is CCN(CC)S(=O)(=O)c1ccc(C)c(C(=O)Nc2ccc3oc(C)nc3c2)c1. The Bertz CT molecular complexity index is 1130. The number of benzene rings is 2. The van der Waals surface area contributed by atoms with Crippen LogP contribution in [0.5, 0.6) is 0 Å². The van der Waals surface area contributed by atoms with E-state index in [1.54, 1.807) is 52.0 Å². The number of hydrogen-bond acceptors (Lipinski definition) is 5. The molecule has 3 rings (SSSR count). The highest BCUT2D eigenvalue weighted by Crippen LogP contribution is 2.23. The summed E-state index contributed by atoms with van der Waals surface area (Å²) in [6, 6.07) is 9.78. The number of rotatable bonds is 6. The van der Waals surface area contributed by atoms with Crippen molar-refractivity contribution < 1.29 is 17.6 Å². The number of fused-ring (bicyclic) bond motifs is 1. The topological polar surface area (TPSA) is 92.5 Å². The maximum Gasteiger partial charge on any atom is 0.255 e. The number of hydrogen-bond donors (Lipinski definition) is 1. The zero-order valence-electron chi connectivity index (χ0n) is 16.3. The summed E-state index contributed by atoms with van der Waals surface area (Å²) in [5.41, 5.74) is 2.84. The molecule has 1 N–H and O–H groups in total. The number of carbonyl (C=O) groups excluding carboxylic acids is 1. The summed E-state index contributed by atoms with van der Waals surface area (Å²) in [5.74, 6) is 0.164. The predicted octanol–water partition coefficient (Wildman–Crippen LogP) is 3.73. The summed E-state index contributed by atoms with van der Waals surface area (Å²) in [7, 11) is -3.64. The van der Waals surface area contributed by atoms with E-state index in [4.69, 9.17) is 4.42 Å². The Balaban J connectivity index is 1.92. The fourth-order valence-corrected chi connectivity index (χ4v) is 4.52. The van der Waals surface area contributed by atoms with Crippen molar-refractivity contribution >= 4 is 32.7 Å². The summed E-state index contributed by atoms with van der Waals surface area (Å²) >= 11 is 0. The van der Waals surface area contributed by atoms with Crippen LogP contribution in [-0.4, -0.2) is 36.7 Å². The fraction of sp³-hybridized carbons (Fsp3) is 0.300. The van der Waals surface area contributed by atoms with E-state index >= 15 is 0 Å². The lowest BCUT2D eigenvalue weighted by molar-refractivity contribution is 0.102. The molecule has 0 bridgehead atoms. The van der Waals surface area contributed by atoms with Crippen LogP contribution >= 0.6 is 0 Å². The number of sulfonamides is 1. The maximum atomic E-state index is 12.8. The van der Waals surface area contributed by atoms with E-state index in [-0.39, 0.29) is 10.8 Å². The molecule has 0 aliphatic carbocycles. The highest BCUT2D eigenvalue weighted by molar-refractivity contribution is 7.89. The van der Waals surface area contributed by atoms with Gasteiger partial charge < -0.3 is 9.73 Å². The number of amides is 1. The molecule has 0 saturated carbocycles. The highest BCUT2D eigenvalue weighted by atomic mass is 32.2. The zero-order chi connectivity index (χ0) is 20.5. The average molecular weight is 401 g/mol. The summed E-state index contributed by atoms with van der Waals surface area (Å²) in [5, 5.41) is 2.81. The van der Waals surface area contributed by atoms with Crippen molar-refractivity contribution in [3.63, 3.8) is 0 Å². The van der Waals surface area contributed by atoms with Gasteiger partial charge in [-0.3, -0.25) is 4.79 Å². The summed E-state index contributed by atoms with van der Waals surface area (Å²) in [6.45, 7) is 7.82. The molecular weight excluding hydrogens is 378 g/mol. The van der Waals surface area contributed by atoms with Crippen LogP contribution in [0.2, 0.25) is 0 Å². The number of aryl methyl sites for hydroxylation is 2. The number of nitrogens with zero attached hydrogens (tertiary/aromatic N) is 2. The molecule has 1 heterocycles. The zero-order valence-corrected chi connectivity index (χ0v) is 17.1. The molecule has 28 heavy (non-hydrogen) atoms. The first kappa shape index (κ1) is 20.0. The van der Waals surface area contributed by atoms with E-state index in [0.717, 1.165) is 0 Å². The molecule has 0 aliphatic heterocycles. The van der Waals surface area contributed by atoms with Gasteiger partial charge in [-0.15, -0.1) is 0 Å². The predicted molar refractivity (Wildman–Crippen MR) is 108 cm³/mol. The van der Waals surface area contributed by atoms with Crippen molar-refractivity contribution in [2.75, 3.05) is 18.4 Å². The molecule has 7 nitrogen and oxygen atoms in total. The second-order valence-electron chi connectivity index (χ2n) is 6.44. The van der Waals surface area contributed by atoms with E-state index in [9.17, 15) is 13.2 Å². The Morgan fingerprint density at radius 2 is 1.82 bits per heavy atom. The molecule has 148 valence electrons. The first-order chi connectivity index (χ1) is 13.3. The van der Waals surface area contributed by atoms with Crippen molar-refractivity contribution in [1.29, 1.82) is 0 Å². The molecule has 0 aliphatic rings. The third-order valence-electron chi connectivity index (χ3n) is 4.55. The van der Waals surface area contributed by atoms with Gasteiger partial charge in [-0.1, -0.05) is 19.9 Å². The van der Waals surface area contributed by atoms with Gasteiger partial charge in [0.05, 0.1) is 4.90 Å². The third-order valence-corrected chi connectivity index (χ3v) is 6.60. The van der Waals surface area contributed by atoms with Crippen LogP contribution in [0.3, 0.4) is 0 Å². The van der Waals surface area contributed by atoms with Crippen molar-refractivity contribution in [2.45, 2.75) is 32.6 Å². The maximum absolute atomic E-state index is 12.8. The second-order valence-corrected chi connectivity index (χ2v) is 8.37. The van der Waals surface area contributed by atoms with Crippen LogP contribution in [0.4, 0.5) is 5.69 Å². The number of oxazole rings is 1. The van der Waals surface area contributed by atoms with Gasteiger partial charge >= 0.3 is 0 Å². The molecule has 0 saturated heterocycles. The minimum Gasteiger partial charge on any atom is -0.441 e. The smallest absolute Gasteiger partial charge is 0.255 e. The van der Waals surface area contributed by atoms with Gasteiger partial charge in [-0.05, 0) is 42.8 Å². The molecular formula is C20H23N3O4S. The van der Waals surface area contributed by atoms with Crippen LogP contribution in [0.1, 0.15) is 35.7 Å². The van der Waals surface area contributed by atoms with Gasteiger partial charge in [0.15, 0.2) is 11.5 Å². The molecule has 0 fully saturated rings. The van der Waals surface area contributed by atoms with E-state index in [1.807, 2.05) is 0 Å². The Hall–Kier alpha value is -2.71. The number of anilines is 1. The average Bonchev–Trinajstić information content (AvgIpc) is 3.01. The Morgan fingerprint density at radius 1 is 1.11 bits per heavy atom. The lowest BCUT2D eigenvalue weighted by Gasteiger charge is -2.19. The van der Waals surface area contributed by atoms with Gasteiger partial charge in [0.25, 0.3) is 5.91 Å². The molecule has 0 unspecified atom stereocenters.